The molecule has 0 radical (unpaired) electrons. The molecule has 4 nitrogen and oxygen atoms in total. The van der Waals surface area contributed by atoms with E-state index in [4.69, 9.17) is 0 Å². The van der Waals surface area contributed by atoms with Crippen molar-refractivity contribution in [2.75, 3.05) is 0 Å². The quantitative estimate of drug-likeness (QED) is 0.671. The van der Waals surface area contributed by atoms with Gasteiger partial charge in [-0.2, -0.15) is 0 Å². The van der Waals surface area contributed by atoms with Crippen LogP contribution in [0, 0.1) is 24.0 Å². The van der Waals surface area contributed by atoms with Gasteiger partial charge in [0, 0.05) is 34.5 Å². The highest BCUT2D eigenvalue weighted by atomic mass is 32.1. The Bertz CT molecular complexity index is 573. The van der Waals surface area contributed by atoms with Crippen LogP contribution in [-0.2, 0) is 13.1 Å². The third-order valence-corrected chi connectivity index (χ3v) is 4.17. The van der Waals surface area contributed by atoms with E-state index in [-0.39, 0.29) is 10.6 Å². The molecule has 0 aliphatic rings. The number of hydrogen-bond donors (Lipinski definition) is 1. The van der Waals surface area contributed by atoms with Gasteiger partial charge in [-0.15, -0.1) is 11.3 Å². The lowest BCUT2D eigenvalue weighted by molar-refractivity contribution is -0.385. The van der Waals surface area contributed by atoms with Crippen molar-refractivity contribution >= 4 is 17.0 Å². The van der Waals surface area contributed by atoms with Crippen molar-refractivity contribution in [2.24, 2.45) is 0 Å². The van der Waals surface area contributed by atoms with Crippen molar-refractivity contribution in [1.82, 2.24) is 5.32 Å². The van der Waals surface area contributed by atoms with Crippen LogP contribution >= 0.6 is 11.3 Å². The van der Waals surface area contributed by atoms with E-state index in [1.165, 1.54) is 21.4 Å². The lowest BCUT2D eigenvalue weighted by Gasteiger charge is -2.04. The van der Waals surface area contributed by atoms with Gasteiger partial charge in [-0.3, -0.25) is 10.1 Å². The first-order valence-corrected chi connectivity index (χ1v) is 6.88. The van der Waals surface area contributed by atoms with Crippen LogP contribution in [0.3, 0.4) is 0 Å². The first kappa shape index (κ1) is 13.7. The summed E-state index contributed by atoms with van der Waals surface area (Å²) in [5, 5.41) is 14.1. The lowest BCUT2D eigenvalue weighted by Crippen LogP contribution is -2.12. The maximum absolute atomic E-state index is 10.9. The van der Waals surface area contributed by atoms with Gasteiger partial charge >= 0.3 is 0 Å². The Morgan fingerprint density at radius 1 is 1.26 bits per heavy atom. The van der Waals surface area contributed by atoms with E-state index in [1.54, 1.807) is 23.5 Å². The van der Waals surface area contributed by atoms with Gasteiger partial charge in [-0.25, -0.2) is 0 Å². The number of benzene rings is 1. The van der Waals surface area contributed by atoms with Gasteiger partial charge in [0.2, 0.25) is 0 Å². The number of aryl methyl sites for hydroxylation is 2. The van der Waals surface area contributed by atoms with Gasteiger partial charge in [0.05, 0.1) is 4.92 Å². The Kier molecular flexibility index (Phi) is 4.29. The highest BCUT2D eigenvalue weighted by Gasteiger charge is 2.11. The van der Waals surface area contributed by atoms with E-state index >= 15 is 0 Å². The van der Waals surface area contributed by atoms with E-state index in [1.807, 2.05) is 6.07 Å². The number of hydrogen-bond acceptors (Lipinski definition) is 4. The van der Waals surface area contributed by atoms with Crippen molar-refractivity contribution in [3.05, 3.63) is 61.3 Å². The zero-order valence-corrected chi connectivity index (χ0v) is 11.8. The minimum atomic E-state index is -0.337. The molecule has 0 spiro atoms. The molecule has 1 aromatic carbocycles. The highest BCUT2D eigenvalue weighted by Crippen LogP contribution is 2.21. The van der Waals surface area contributed by atoms with Gasteiger partial charge in [-0.1, -0.05) is 18.2 Å². The summed E-state index contributed by atoms with van der Waals surface area (Å²) in [5.74, 6) is 0. The van der Waals surface area contributed by atoms with Crippen LogP contribution in [0.1, 0.15) is 20.9 Å². The maximum Gasteiger partial charge on any atom is 0.273 e. The van der Waals surface area contributed by atoms with Crippen LogP contribution in [0.4, 0.5) is 5.69 Å². The number of nitro benzene ring substituents is 1. The van der Waals surface area contributed by atoms with Crippen molar-refractivity contribution in [2.45, 2.75) is 26.9 Å². The molecular weight excluding hydrogens is 260 g/mol. The molecule has 5 heteroatoms. The minimum absolute atomic E-state index is 0.175. The summed E-state index contributed by atoms with van der Waals surface area (Å²) >= 11 is 1.76. The van der Waals surface area contributed by atoms with Crippen LogP contribution in [0.5, 0.6) is 0 Å². The zero-order chi connectivity index (χ0) is 13.8. The molecule has 0 saturated carbocycles. The van der Waals surface area contributed by atoms with Crippen LogP contribution in [0.2, 0.25) is 0 Å². The van der Waals surface area contributed by atoms with E-state index < -0.39 is 0 Å². The molecular formula is C14H16N2O2S. The summed E-state index contributed by atoms with van der Waals surface area (Å²) in [5.41, 5.74) is 2.19. The molecule has 0 aliphatic heterocycles. The molecule has 19 heavy (non-hydrogen) atoms. The third-order valence-electron chi connectivity index (χ3n) is 3.02. The Labute approximate surface area is 116 Å². The number of thiophene rings is 1. The zero-order valence-electron chi connectivity index (χ0n) is 11.0. The summed E-state index contributed by atoms with van der Waals surface area (Å²) < 4.78 is 0. The molecule has 2 aromatic rings. The monoisotopic (exact) mass is 276 g/mol. The molecule has 0 unspecified atom stereocenters. The largest absolute Gasteiger partial charge is 0.308 e. The number of nitro groups is 1. The van der Waals surface area contributed by atoms with Gasteiger partial charge in [0.15, 0.2) is 0 Å². The second kappa shape index (κ2) is 5.95. The lowest BCUT2D eigenvalue weighted by atomic mass is 10.2. The van der Waals surface area contributed by atoms with Crippen LogP contribution in [0.15, 0.2) is 30.3 Å². The fourth-order valence-corrected chi connectivity index (χ4v) is 2.92. The molecule has 2 rings (SSSR count). The SMILES string of the molecule is Cc1cc(CNCc2ccccc2[N+](=O)[O-])sc1C. The van der Waals surface area contributed by atoms with Crippen molar-refractivity contribution in [1.29, 1.82) is 0 Å². The van der Waals surface area contributed by atoms with Crippen LogP contribution in [0.25, 0.3) is 0 Å². The predicted octanol–water partition coefficient (Wildman–Crippen LogP) is 3.56. The van der Waals surface area contributed by atoms with Gasteiger partial charge in [0.1, 0.15) is 0 Å². The average molecular weight is 276 g/mol. The standard InChI is InChI=1S/C14H16N2O2S/c1-10-7-13(19-11(10)2)9-15-8-12-5-3-4-6-14(12)16(17)18/h3-7,15H,8-9H2,1-2H3. The molecule has 100 valence electrons. The number of rotatable bonds is 5. The molecule has 1 aromatic heterocycles. The molecule has 1 N–H and O–H groups in total. The van der Waals surface area contributed by atoms with Crippen molar-refractivity contribution in [3.63, 3.8) is 0 Å². The molecule has 0 saturated heterocycles. The second-order valence-electron chi connectivity index (χ2n) is 4.44. The van der Waals surface area contributed by atoms with E-state index in [0.717, 1.165) is 12.1 Å². The van der Waals surface area contributed by atoms with Crippen molar-refractivity contribution in [3.8, 4) is 0 Å². The van der Waals surface area contributed by atoms with E-state index in [9.17, 15) is 10.1 Å². The predicted molar refractivity (Wildman–Crippen MR) is 77.4 cm³/mol. The summed E-state index contributed by atoms with van der Waals surface area (Å²) in [4.78, 5) is 13.1. The Morgan fingerprint density at radius 2 is 2.00 bits per heavy atom. The fraction of sp³-hybridized carbons (Fsp3) is 0.286. The average Bonchev–Trinajstić information content (AvgIpc) is 2.69. The van der Waals surface area contributed by atoms with Crippen LogP contribution < -0.4 is 5.32 Å². The summed E-state index contributed by atoms with van der Waals surface area (Å²) in [6, 6.07) is 9.00. The summed E-state index contributed by atoms with van der Waals surface area (Å²) in [6.45, 7) is 5.45. The smallest absolute Gasteiger partial charge is 0.273 e. The molecule has 0 atom stereocenters. The van der Waals surface area contributed by atoms with Crippen LogP contribution in [-0.4, -0.2) is 4.92 Å². The summed E-state index contributed by atoms with van der Waals surface area (Å²) in [7, 11) is 0. The number of para-hydroxylation sites is 1. The fourth-order valence-electron chi connectivity index (χ4n) is 1.90. The normalized spacial score (nSPS) is 10.6. The third kappa shape index (κ3) is 3.39. The maximum atomic E-state index is 10.9. The molecule has 0 amide bonds. The molecule has 1 heterocycles. The highest BCUT2D eigenvalue weighted by molar-refractivity contribution is 7.12. The van der Waals surface area contributed by atoms with Crippen molar-refractivity contribution < 1.29 is 4.92 Å². The number of nitrogens with zero attached hydrogens (tertiary/aromatic N) is 1. The Morgan fingerprint density at radius 3 is 2.63 bits per heavy atom. The molecule has 0 aliphatic carbocycles. The molecule has 0 fully saturated rings. The first-order chi connectivity index (χ1) is 9.08. The number of nitrogens with one attached hydrogen (secondary N) is 1. The topological polar surface area (TPSA) is 55.2 Å². The van der Waals surface area contributed by atoms with Gasteiger partial charge in [-0.05, 0) is 25.5 Å². The van der Waals surface area contributed by atoms with Gasteiger partial charge < -0.3 is 5.32 Å². The van der Waals surface area contributed by atoms with E-state index in [2.05, 4.69) is 25.2 Å². The van der Waals surface area contributed by atoms with Gasteiger partial charge in [0.25, 0.3) is 5.69 Å². The minimum Gasteiger partial charge on any atom is -0.308 e. The van der Waals surface area contributed by atoms with E-state index in [0.29, 0.717) is 6.54 Å². The second-order valence-corrected chi connectivity index (χ2v) is 5.78. The first-order valence-electron chi connectivity index (χ1n) is 6.07. The Hall–Kier alpha value is -1.72. The Balaban J connectivity index is 1.98. The summed E-state index contributed by atoms with van der Waals surface area (Å²) in [6.07, 6.45) is 0. The molecule has 0 bridgehead atoms.